The summed E-state index contributed by atoms with van der Waals surface area (Å²) < 4.78 is 20.4. The first-order valence-corrected chi connectivity index (χ1v) is 12.8. The highest BCUT2D eigenvalue weighted by atomic mass is 16.5. The highest BCUT2D eigenvalue weighted by Gasteiger charge is 2.33. The molecule has 0 bridgehead atoms. The van der Waals surface area contributed by atoms with E-state index in [0.717, 1.165) is 69.2 Å². The van der Waals surface area contributed by atoms with Gasteiger partial charge in [0.15, 0.2) is 0 Å². The number of aromatic nitrogens is 2. The number of likely N-dealkylation sites (tertiary alicyclic amines) is 1. The molecule has 0 amide bonds. The van der Waals surface area contributed by atoms with Crippen molar-refractivity contribution in [3.05, 3.63) is 77.9 Å². The van der Waals surface area contributed by atoms with E-state index >= 15 is 0 Å². The third kappa shape index (κ3) is 7.09. The smallest absolute Gasteiger partial charge is 0.119 e. The van der Waals surface area contributed by atoms with Gasteiger partial charge in [0.05, 0.1) is 6.54 Å². The van der Waals surface area contributed by atoms with Crippen LogP contribution in [0.3, 0.4) is 0 Å². The van der Waals surface area contributed by atoms with Crippen molar-refractivity contribution >= 4 is 0 Å². The molecule has 0 unspecified atom stereocenters. The van der Waals surface area contributed by atoms with Crippen molar-refractivity contribution in [3.8, 4) is 11.5 Å². The van der Waals surface area contributed by atoms with E-state index in [1.54, 1.807) is 0 Å². The Morgan fingerprint density at radius 2 is 1.86 bits per heavy atom. The molecular formula is C29H39N3O3. The molecule has 3 aromatic rings. The minimum absolute atomic E-state index is 0.241. The molecule has 35 heavy (non-hydrogen) atoms. The Hall–Kier alpha value is -2.83. The van der Waals surface area contributed by atoms with E-state index in [-0.39, 0.29) is 5.60 Å². The van der Waals surface area contributed by atoms with Crippen LogP contribution in [0, 0.1) is 6.92 Å². The molecule has 2 aromatic carbocycles. The van der Waals surface area contributed by atoms with Crippen LogP contribution in [0.1, 0.15) is 43.1 Å². The molecule has 1 atom stereocenters. The zero-order valence-corrected chi connectivity index (χ0v) is 21.4. The lowest BCUT2D eigenvalue weighted by Gasteiger charge is -2.31. The van der Waals surface area contributed by atoms with E-state index in [9.17, 15) is 0 Å². The lowest BCUT2D eigenvalue weighted by atomic mass is 9.95. The van der Waals surface area contributed by atoms with Crippen molar-refractivity contribution < 1.29 is 14.2 Å². The van der Waals surface area contributed by atoms with Gasteiger partial charge in [0.1, 0.15) is 36.1 Å². The fourth-order valence-electron chi connectivity index (χ4n) is 4.75. The molecular weight excluding hydrogens is 438 g/mol. The molecule has 1 aliphatic heterocycles. The maximum Gasteiger partial charge on any atom is 0.119 e. The van der Waals surface area contributed by atoms with Gasteiger partial charge < -0.3 is 18.8 Å². The topological polar surface area (TPSA) is 48.8 Å². The average molecular weight is 478 g/mol. The van der Waals surface area contributed by atoms with Gasteiger partial charge in [0.25, 0.3) is 0 Å². The van der Waals surface area contributed by atoms with Gasteiger partial charge in [-0.1, -0.05) is 36.8 Å². The van der Waals surface area contributed by atoms with Crippen LogP contribution in [0.15, 0.2) is 60.9 Å². The van der Waals surface area contributed by atoms with E-state index in [2.05, 4.69) is 58.6 Å². The summed E-state index contributed by atoms with van der Waals surface area (Å²) in [6.07, 6.45) is 7.85. The molecule has 1 fully saturated rings. The van der Waals surface area contributed by atoms with Crippen LogP contribution in [0.4, 0.5) is 0 Å². The molecule has 1 aromatic heterocycles. The summed E-state index contributed by atoms with van der Waals surface area (Å²) in [4.78, 5) is 6.90. The predicted octanol–water partition coefficient (Wildman–Crippen LogP) is 5.28. The third-order valence-corrected chi connectivity index (χ3v) is 6.97. The van der Waals surface area contributed by atoms with E-state index < -0.39 is 0 Å². The highest BCUT2D eigenvalue weighted by molar-refractivity contribution is 5.28. The fraction of sp³-hybridized carbons (Fsp3) is 0.483. The summed E-state index contributed by atoms with van der Waals surface area (Å²) in [5, 5.41) is 0. The summed E-state index contributed by atoms with van der Waals surface area (Å²) in [6, 6.07) is 16.7. The van der Waals surface area contributed by atoms with Crippen LogP contribution in [0.2, 0.25) is 0 Å². The Kier molecular flexibility index (Phi) is 8.83. The third-order valence-electron chi connectivity index (χ3n) is 6.97. The van der Waals surface area contributed by atoms with Gasteiger partial charge in [-0.15, -0.1) is 0 Å². The van der Waals surface area contributed by atoms with Gasteiger partial charge in [-0.2, -0.15) is 0 Å². The zero-order chi connectivity index (χ0) is 24.5. The summed E-state index contributed by atoms with van der Waals surface area (Å²) in [7, 11) is 1.82. The second-order valence-corrected chi connectivity index (χ2v) is 9.50. The molecule has 1 aliphatic rings. The molecule has 0 saturated carbocycles. The lowest BCUT2D eigenvalue weighted by molar-refractivity contribution is -0.0541. The molecule has 6 heteroatoms. The number of hydrogen-bond acceptors (Lipinski definition) is 5. The van der Waals surface area contributed by atoms with Crippen LogP contribution < -0.4 is 9.47 Å². The molecule has 4 rings (SSSR count). The number of aryl methyl sites for hydroxylation is 2. The second kappa shape index (κ2) is 12.2. The molecule has 2 heterocycles. The summed E-state index contributed by atoms with van der Waals surface area (Å²) in [5.41, 5.74) is 2.28. The van der Waals surface area contributed by atoms with Crippen LogP contribution in [-0.2, 0) is 24.2 Å². The van der Waals surface area contributed by atoms with Gasteiger partial charge in [0, 0.05) is 39.0 Å². The van der Waals surface area contributed by atoms with Crippen LogP contribution in [0.5, 0.6) is 11.5 Å². The monoisotopic (exact) mass is 477 g/mol. The van der Waals surface area contributed by atoms with Crippen molar-refractivity contribution in [3.63, 3.8) is 0 Å². The molecule has 1 saturated heterocycles. The SMILES string of the molecule is CCc1nccn1CCOc1cccc(CN2CCC[C@](COc3ccc(C)cc3)(OC)CC2)c1. The van der Waals surface area contributed by atoms with Gasteiger partial charge in [-0.05, 0) is 62.6 Å². The second-order valence-electron chi connectivity index (χ2n) is 9.50. The fourth-order valence-corrected chi connectivity index (χ4v) is 4.75. The van der Waals surface area contributed by atoms with Crippen molar-refractivity contribution in [2.75, 3.05) is 33.4 Å². The summed E-state index contributed by atoms with van der Waals surface area (Å²) >= 11 is 0. The van der Waals surface area contributed by atoms with Gasteiger partial charge in [0.2, 0.25) is 0 Å². The first-order chi connectivity index (χ1) is 17.1. The molecule has 0 spiro atoms. The van der Waals surface area contributed by atoms with E-state index in [1.807, 2.05) is 37.7 Å². The van der Waals surface area contributed by atoms with E-state index in [1.165, 1.54) is 11.1 Å². The maximum atomic E-state index is 6.13. The number of benzene rings is 2. The molecule has 188 valence electrons. The van der Waals surface area contributed by atoms with Crippen molar-refractivity contribution in [1.29, 1.82) is 0 Å². The lowest BCUT2D eigenvalue weighted by Crippen LogP contribution is -2.39. The standard InChI is InChI=1S/C29H39N3O3/c1-4-28-30-15-18-32(28)19-20-34-27-8-5-7-25(21-27)22-31-16-6-13-29(33-3,14-17-31)23-35-26-11-9-24(2)10-12-26/h5,7-12,15,18,21H,4,6,13-14,16-17,19-20,22-23H2,1-3H3/t29-/m0/s1. The van der Waals surface area contributed by atoms with Crippen molar-refractivity contribution in [2.24, 2.45) is 0 Å². The normalized spacial score (nSPS) is 18.8. The van der Waals surface area contributed by atoms with Gasteiger partial charge in [-0.3, -0.25) is 4.90 Å². The van der Waals surface area contributed by atoms with Crippen LogP contribution in [0.25, 0.3) is 0 Å². The molecule has 6 nitrogen and oxygen atoms in total. The minimum Gasteiger partial charge on any atom is -0.492 e. The first-order valence-electron chi connectivity index (χ1n) is 12.8. The first kappa shape index (κ1) is 25.3. The Balaban J connectivity index is 1.28. The maximum absolute atomic E-state index is 6.13. The number of hydrogen-bond donors (Lipinski definition) is 0. The quantitative estimate of drug-likeness (QED) is 0.376. The molecule has 0 N–H and O–H groups in total. The highest BCUT2D eigenvalue weighted by Crippen LogP contribution is 2.28. The van der Waals surface area contributed by atoms with Gasteiger partial charge >= 0.3 is 0 Å². The largest absolute Gasteiger partial charge is 0.492 e. The summed E-state index contributed by atoms with van der Waals surface area (Å²) in [6.45, 7) is 9.19. The van der Waals surface area contributed by atoms with Crippen LogP contribution >= 0.6 is 0 Å². The predicted molar refractivity (Wildman–Crippen MR) is 139 cm³/mol. The molecule has 0 radical (unpaired) electrons. The Morgan fingerprint density at radius 1 is 1.00 bits per heavy atom. The Bertz CT molecular complexity index is 1050. The van der Waals surface area contributed by atoms with Gasteiger partial charge in [-0.25, -0.2) is 4.98 Å². The molecule has 0 aliphatic carbocycles. The van der Waals surface area contributed by atoms with Crippen LogP contribution in [-0.4, -0.2) is 53.5 Å². The van der Waals surface area contributed by atoms with Crippen molar-refractivity contribution in [2.45, 2.75) is 58.2 Å². The number of rotatable bonds is 11. The summed E-state index contributed by atoms with van der Waals surface area (Å²) in [5.74, 6) is 2.93. The Morgan fingerprint density at radius 3 is 2.66 bits per heavy atom. The average Bonchev–Trinajstić information content (AvgIpc) is 3.24. The van der Waals surface area contributed by atoms with E-state index in [4.69, 9.17) is 14.2 Å². The van der Waals surface area contributed by atoms with E-state index in [0.29, 0.717) is 13.2 Å². The number of ether oxygens (including phenoxy) is 3. The number of imidazole rings is 1. The minimum atomic E-state index is -0.241. The zero-order valence-electron chi connectivity index (χ0n) is 21.4. The van der Waals surface area contributed by atoms with Crippen molar-refractivity contribution in [1.82, 2.24) is 14.5 Å². The Labute approximate surface area is 209 Å². The number of nitrogens with zero attached hydrogens (tertiary/aromatic N) is 3. The number of methoxy groups -OCH3 is 1.